The minimum absolute atomic E-state index is 0.0121. The summed E-state index contributed by atoms with van der Waals surface area (Å²) < 4.78 is 30.8. The predicted molar refractivity (Wildman–Crippen MR) is 80.3 cm³/mol. The number of halogens is 2. The van der Waals surface area contributed by atoms with Crippen LogP contribution < -0.4 is 5.32 Å². The number of hydrogen-bond donors (Lipinski definition) is 1. The van der Waals surface area contributed by atoms with Gasteiger partial charge in [0.05, 0.1) is 5.56 Å². The fraction of sp³-hybridized carbons (Fsp3) is 0.176. The molecule has 118 valence electrons. The van der Waals surface area contributed by atoms with E-state index in [9.17, 15) is 13.6 Å². The van der Waals surface area contributed by atoms with E-state index >= 15 is 0 Å². The summed E-state index contributed by atoms with van der Waals surface area (Å²) >= 11 is 0. The standard InChI is InChI=1S/C17H14F2N2O2/c18-15-10-9-14(16(19)21-15)8-4-5-11-20-17(22)23-12-13-6-2-1-3-7-13/h1-3,6-7,9-10H,5,11-12H2,(H,20,22). The highest BCUT2D eigenvalue weighted by atomic mass is 19.1. The van der Waals surface area contributed by atoms with E-state index in [1.807, 2.05) is 30.3 Å². The number of carbonyl (C=O) groups is 1. The Morgan fingerprint density at radius 2 is 1.96 bits per heavy atom. The van der Waals surface area contributed by atoms with Crippen molar-refractivity contribution in [2.75, 3.05) is 6.54 Å². The number of alkyl carbamates (subject to hydrolysis) is 1. The largest absolute Gasteiger partial charge is 0.445 e. The summed E-state index contributed by atoms with van der Waals surface area (Å²) in [4.78, 5) is 14.5. The van der Waals surface area contributed by atoms with Gasteiger partial charge in [-0.1, -0.05) is 42.2 Å². The van der Waals surface area contributed by atoms with E-state index in [1.165, 1.54) is 6.07 Å². The molecule has 1 N–H and O–H groups in total. The summed E-state index contributed by atoms with van der Waals surface area (Å²) in [6, 6.07) is 11.5. The predicted octanol–water partition coefficient (Wildman–Crippen LogP) is 3.03. The third kappa shape index (κ3) is 5.75. The minimum atomic E-state index is -0.951. The number of carbonyl (C=O) groups excluding carboxylic acids is 1. The van der Waals surface area contributed by atoms with E-state index in [-0.39, 0.29) is 18.7 Å². The number of nitrogens with one attached hydrogen (secondary N) is 1. The summed E-state index contributed by atoms with van der Waals surface area (Å²) in [5.41, 5.74) is 0.903. The number of aromatic nitrogens is 1. The molecule has 0 radical (unpaired) electrons. The lowest BCUT2D eigenvalue weighted by molar-refractivity contribution is 0.140. The van der Waals surface area contributed by atoms with Crippen molar-refractivity contribution in [1.29, 1.82) is 0 Å². The summed E-state index contributed by atoms with van der Waals surface area (Å²) in [7, 11) is 0. The van der Waals surface area contributed by atoms with Crippen LogP contribution in [0.15, 0.2) is 42.5 Å². The highest BCUT2D eigenvalue weighted by Gasteiger charge is 2.02. The molecule has 4 nitrogen and oxygen atoms in total. The topological polar surface area (TPSA) is 51.2 Å². The third-order valence-electron chi connectivity index (χ3n) is 2.77. The molecular formula is C17H14F2N2O2. The molecule has 0 aliphatic heterocycles. The van der Waals surface area contributed by atoms with E-state index < -0.39 is 18.0 Å². The molecule has 0 aliphatic rings. The van der Waals surface area contributed by atoms with E-state index in [2.05, 4.69) is 22.1 Å². The molecule has 1 aromatic heterocycles. The normalized spacial score (nSPS) is 9.65. The van der Waals surface area contributed by atoms with E-state index in [4.69, 9.17) is 4.74 Å². The Kier molecular flexibility index (Phi) is 6.07. The number of amides is 1. The Morgan fingerprint density at radius 1 is 1.17 bits per heavy atom. The molecule has 2 rings (SSSR count). The Balaban J connectivity index is 1.69. The van der Waals surface area contributed by atoms with Gasteiger partial charge in [-0.3, -0.25) is 0 Å². The molecule has 23 heavy (non-hydrogen) atoms. The maximum atomic E-state index is 13.2. The maximum Gasteiger partial charge on any atom is 0.407 e. The van der Waals surface area contributed by atoms with Gasteiger partial charge in [0.25, 0.3) is 0 Å². The van der Waals surface area contributed by atoms with Crippen molar-refractivity contribution in [3.8, 4) is 11.8 Å². The van der Waals surface area contributed by atoms with Gasteiger partial charge in [0.2, 0.25) is 11.9 Å². The molecular weight excluding hydrogens is 302 g/mol. The lowest BCUT2D eigenvalue weighted by atomic mass is 10.2. The fourth-order valence-corrected chi connectivity index (χ4v) is 1.66. The van der Waals surface area contributed by atoms with Crippen molar-refractivity contribution in [1.82, 2.24) is 10.3 Å². The smallest absolute Gasteiger partial charge is 0.407 e. The summed E-state index contributed by atoms with van der Waals surface area (Å²) in [6.07, 6.45) is -0.248. The SMILES string of the molecule is O=C(NCCC#Cc1ccc(F)nc1F)OCc1ccccc1. The first-order valence-electron chi connectivity index (χ1n) is 6.90. The van der Waals surface area contributed by atoms with Crippen molar-refractivity contribution in [2.45, 2.75) is 13.0 Å². The van der Waals surface area contributed by atoms with Crippen molar-refractivity contribution < 1.29 is 18.3 Å². The zero-order valence-corrected chi connectivity index (χ0v) is 12.2. The summed E-state index contributed by atoms with van der Waals surface area (Å²) in [6.45, 7) is 0.446. The van der Waals surface area contributed by atoms with Gasteiger partial charge in [-0.15, -0.1) is 0 Å². The van der Waals surface area contributed by atoms with Gasteiger partial charge in [-0.25, -0.2) is 4.79 Å². The minimum Gasteiger partial charge on any atom is -0.445 e. The molecule has 0 fully saturated rings. The maximum absolute atomic E-state index is 13.2. The molecule has 6 heteroatoms. The third-order valence-corrected chi connectivity index (χ3v) is 2.77. The van der Waals surface area contributed by atoms with Gasteiger partial charge < -0.3 is 10.1 Å². The zero-order chi connectivity index (χ0) is 16.5. The monoisotopic (exact) mass is 316 g/mol. The number of pyridine rings is 1. The van der Waals surface area contributed by atoms with Crippen LogP contribution in [0.4, 0.5) is 13.6 Å². The molecule has 0 atom stereocenters. The van der Waals surface area contributed by atoms with Gasteiger partial charge in [-0.2, -0.15) is 13.8 Å². The van der Waals surface area contributed by atoms with Crippen LogP contribution in [-0.4, -0.2) is 17.6 Å². The van der Waals surface area contributed by atoms with Crippen LogP contribution in [0.2, 0.25) is 0 Å². The Hall–Kier alpha value is -2.94. The Morgan fingerprint density at radius 3 is 2.70 bits per heavy atom. The second-order valence-corrected chi connectivity index (χ2v) is 4.51. The zero-order valence-electron chi connectivity index (χ0n) is 12.2. The lowest BCUT2D eigenvalue weighted by Crippen LogP contribution is -2.24. The first kappa shape index (κ1) is 16.4. The van der Waals surface area contributed by atoms with Gasteiger partial charge >= 0.3 is 6.09 Å². The van der Waals surface area contributed by atoms with Crippen molar-refractivity contribution in [3.63, 3.8) is 0 Å². The lowest BCUT2D eigenvalue weighted by Gasteiger charge is -2.05. The van der Waals surface area contributed by atoms with Crippen LogP contribution in [-0.2, 0) is 11.3 Å². The fourth-order valence-electron chi connectivity index (χ4n) is 1.66. The van der Waals surface area contributed by atoms with E-state index in [1.54, 1.807) is 0 Å². The molecule has 0 aliphatic carbocycles. The number of ether oxygens (including phenoxy) is 1. The first-order valence-corrected chi connectivity index (χ1v) is 6.90. The van der Waals surface area contributed by atoms with Crippen LogP contribution in [0.5, 0.6) is 0 Å². The Bertz CT molecular complexity index is 724. The number of nitrogens with zero attached hydrogens (tertiary/aromatic N) is 1. The van der Waals surface area contributed by atoms with Crippen LogP contribution in [0.1, 0.15) is 17.5 Å². The molecule has 0 bridgehead atoms. The van der Waals surface area contributed by atoms with Gasteiger partial charge in [0.1, 0.15) is 6.61 Å². The molecule has 2 aromatic rings. The highest BCUT2D eigenvalue weighted by Crippen LogP contribution is 2.03. The van der Waals surface area contributed by atoms with Crippen LogP contribution in [0.25, 0.3) is 0 Å². The van der Waals surface area contributed by atoms with E-state index in [0.717, 1.165) is 11.6 Å². The molecule has 0 saturated carbocycles. The molecule has 1 aromatic carbocycles. The van der Waals surface area contributed by atoms with Crippen molar-refractivity contribution >= 4 is 6.09 Å². The van der Waals surface area contributed by atoms with Crippen LogP contribution in [0.3, 0.4) is 0 Å². The van der Waals surface area contributed by atoms with Gasteiger partial charge in [-0.05, 0) is 17.7 Å². The summed E-state index contributed by atoms with van der Waals surface area (Å²) in [5.74, 6) is 3.35. The average Bonchev–Trinajstić information content (AvgIpc) is 2.55. The van der Waals surface area contributed by atoms with Gasteiger partial charge in [0, 0.05) is 13.0 Å². The first-order chi connectivity index (χ1) is 11.1. The van der Waals surface area contributed by atoms with Crippen molar-refractivity contribution in [3.05, 3.63) is 65.5 Å². The molecule has 0 spiro atoms. The molecule has 1 heterocycles. The van der Waals surface area contributed by atoms with Crippen LogP contribution >= 0.6 is 0 Å². The highest BCUT2D eigenvalue weighted by molar-refractivity contribution is 5.67. The van der Waals surface area contributed by atoms with Crippen LogP contribution in [0, 0.1) is 23.7 Å². The van der Waals surface area contributed by atoms with Crippen molar-refractivity contribution in [2.24, 2.45) is 0 Å². The summed E-state index contributed by atoms with van der Waals surface area (Å²) in [5, 5.41) is 2.53. The Labute approximate surface area is 132 Å². The second-order valence-electron chi connectivity index (χ2n) is 4.51. The molecule has 0 unspecified atom stereocenters. The number of hydrogen-bond acceptors (Lipinski definition) is 3. The molecule has 1 amide bonds. The van der Waals surface area contributed by atoms with E-state index in [0.29, 0.717) is 6.42 Å². The quantitative estimate of drug-likeness (QED) is 0.536. The number of rotatable bonds is 4. The van der Waals surface area contributed by atoms with Gasteiger partial charge in [0.15, 0.2) is 0 Å². The average molecular weight is 316 g/mol. The molecule has 0 saturated heterocycles. The number of benzene rings is 1. The second kappa shape index (κ2) is 8.49.